The summed E-state index contributed by atoms with van der Waals surface area (Å²) in [5.74, 6) is 0.199. The summed E-state index contributed by atoms with van der Waals surface area (Å²) >= 11 is 0. The Morgan fingerprint density at radius 3 is 2.46 bits per heavy atom. The Hall–Kier alpha value is -2.87. The fourth-order valence-electron chi connectivity index (χ4n) is 2.51. The van der Waals surface area contributed by atoms with Crippen LogP contribution in [0.4, 0.5) is 0 Å². The standard InChI is InChI=1S/C18H19N5O2S/c1-14(15-8-4-2-5-9-15)19-18(24)13-26(25)12-17-20-21-22-23(17)16-10-6-3-7-11-16/h2-11,14H,12-13H2,1H3,(H,19,24)/t14-,26-/m0/s1. The highest BCUT2D eigenvalue weighted by Crippen LogP contribution is 2.11. The van der Waals surface area contributed by atoms with Crippen LogP contribution in [0.1, 0.15) is 24.4 Å². The largest absolute Gasteiger partial charge is 0.349 e. The third-order valence-corrected chi connectivity index (χ3v) is 4.96. The van der Waals surface area contributed by atoms with Gasteiger partial charge in [-0.1, -0.05) is 48.5 Å². The van der Waals surface area contributed by atoms with Crippen LogP contribution in [0.25, 0.3) is 5.69 Å². The van der Waals surface area contributed by atoms with E-state index in [-0.39, 0.29) is 23.5 Å². The van der Waals surface area contributed by atoms with Gasteiger partial charge >= 0.3 is 0 Å². The molecule has 1 N–H and O–H groups in total. The summed E-state index contributed by atoms with van der Waals surface area (Å²) in [4.78, 5) is 12.2. The van der Waals surface area contributed by atoms with E-state index in [1.807, 2.05) is 67.6 Å². The number of tetrazole rings is 1. The molecular weight excluding hydrogens is 350 g/mol. The second-order valence-electron chi connectivity index (χ2n) is 5.77. The molecule has 1 amide bonds. The Balaban J connectivity index is 1.58. The van der Waals surface area contributed by atoms with E-state index in [1.165, 1.54) is 4.68 Å². The minimum Gasteiger partial charge on any atom is -0.349 e. The maximum atomic E-state index is 12.4. The maximum Gasteiger partial charge on any atom is 0.233 e. The zero-order valence-corrected chi connectivity index (χ0v) is 15.1. The third kappa shape index (κ3) is 4.60. The number of benzene rings is 2. The number of aromatic nitrogens is 4. The molecule has 0 aliphatic rings. The van der Waals surface area contributed by atoms with Crippen molar-refractivity contribution in [2.45, 2.75) is 18.7 Å². The van der Waals surface area contributed by atoms with E-state index in [0.717, 1.165) is 11.3 Å². The van der Waals surface area contributed by atoms with E-state index in [0.29, 0.717) is 5.82 Å². The maximum absolute atomic E-state index is 12.4. The zero-order chi connectivity index (χ0) is 18.4. The van der Waals surface area contributed by atoms with Gasteiger partial charge in [-0.2, -0.15) is 4.68 Å². The van der Waals surface area contributed by atoms with Crippen molar-refractivity contribution in [1.82, 2.24) is 25.5 Å². The Labute approximate surface area is 153 Å². The Morgan fingerprint density at radius 1 is 1.12 bits per heavy atom. The van der Waals surface area contributed by atoms with Crippen molar-refractivity contribution in [3.05, 3.63) is 72.1 Å². The topological polar surface area (TPSA) is 89.8 Å². The van der Waals surface area contributed by atoms with Crippen LogP contribution in [-0.4, -0.2) is 36.1 Å². The van der Waals surface area contributed by atoms with Crippen LogP contribution in [0.3, 0.4) is 0 Å². The summed E-state index contributed by atoms with van der Waals surface area (Å²) < 4.78 is 13.9. The lowest BCUT2D eigenvalue weighted by atomic mass is 10.1. The van der Waals surface area contributed by atoms with Gasteiger partial charge in [-0.3, -0.25) is 9.00 Å². The number of carbonyl (C=O) groups is 1. The minimum absolute atomic E-state index is 0.0984. The quantitative estimate of drug-likeness (QED) is 0.686. The van der Waals surface area contributed by atoms with Gasteiger partial charge in [0.2, 0.25) is 5.91 Å². The number of nitrogens with one attached hydrogen (secondary N) is 1. The van der Waals surface area contributed by atoms with E-state index < -0.39 is 10.8 Å². The molecule has 0 bridgehead atoms. The van der Waals surface area contributed by atoms with E-state index in [2.05, 4.69) is 20.8 Å². The molecule has 2 atom stereocenters. The summed E-state index contributed by atoms with van der Waals surface area (Å²) in [6.07, 6.45) is 0. The number of nitrogens with zero attached hydrogens (tertiary/aromatic N) is 4. The molecule has 8 heteroatoms. The number of rotatable bonds is 7. The average Bonchev–Trinajstić information content (AvgIpc) is 3.11. The number of para-hydroxylation sites is 1. The van der Waals surface area contributed by atoms with Crippen molar-refractivity contribution in [3.8, 4) is 5.69 Å². The van der Waals surface area contributed by atoms with Gasteiger partial charge in [-0.25, -0.2) is 0 Å². The SMILES string of the molecule is C[C@H](NC(=O)C[S@@](=O)Cc1nnnn1-c1ccccc1)c1ccccc1. The monoisotopic (exact) mass is 369 g/mol. The minimum atomic E-state index is -1.41. The molecule has 1 heterocycles. The highest BCUT2D eigenvalue weighted by Gasteiger charge is 2.16. The van der Waals surface area contributed by atoms with Crippen molar-refractivity contribution >= 4 is 16.7 Å². The molecule has 3 rings (SSSR count). The summed E-state index contributed by atoms with van der Waals surface area (Å²) in [5.41, 5.74) is 1.78. The van der Waals surface area contributed by atoms with Crippen LogP contribution in [0.2, 0.25) is 0 Å². The van der Waals surface area contributed by atoms with Gasteiger partial charge in [-0.15, -0.1) is 5.10 Å². The number of carbonyl (C=O) groups excluding carboxylic acids is 1. The van der Waals surface area contributed by atoms with Crippen LogP contribution in [0.15, 0.2) is 60.7 Å². The van der Waals surface area contributed by atoms with E-state index >= 15 is 0 Å². The summed E-state index contributed by atoms with van der Waals surface area (Å²) in [6.45, 7) is 1.89. The molecule has 0 spiro atoms. The van der Waals surface area contributed by atoms with Crippen LogP contribution >= 0.6 is 0 Å². The van der Waals surface area contributed by atoms with Crippen LogP contribution in [0.5, 0.6) is 0 Å². The molecule has 7 nitrogen and oxygen atoms in total. The van der Waals surface area contributed by atoms with E-state index in [9.17, 15) is 9.00 Å². The molecular formula is C18H19N5O2S. The lowest BCUT2D eigenvalue weighted by Gasteiger charge is -2.14. The first kappa shape index (κ1) is 17.9. The summed E-state index contributed by atoms with van der Waals surface area (Å²) in [7, 11) is -1.41. The zero-order valence-electron chi connectivity index (χ0n) is 14.3. The molecule has 0 aliphatic carbocycles. The summed E-state index contributed by atoms with van der Waals surface area (Å²) in [6, 6.07) is 18.8. The molecule has 1 aromatic heterocycles. The second kappa shape index (κ2) is 8.48. The molecule has 0 saturated carbocycles. The van der Waals surface area contributed by atoms with Gasteiger partial charge in [0, 0.05) is 10.8 Å². The first-order valence-corrected chi connectivity index (χ1v) is 9.64. The van der Waals surface area contributed by atoms with Crippen molar-refractivity contribution in [1.29, 1.82) is 0 Å². The molecule has 2 aromatic carbocycles. The number of amides is 1. The highest BCUT2D eigenvalue weighted by atomic mass is 32.2. The van der Waals surface area contributed by atoms with Crippen molar-refractivity contribution in [2.75, 3.05) is 5.75 Å². The normalized spacial score (nSPS) is 13.1. The van der Waals surface area contributed by atoms with Gasteiger partial charge in [0.05, 0.1) is 17.5 Å². The van der Waals surface area contributed by atoms with Gasteiger partial charge in [0.15, 0.2) is 5.82 Å². The molecule has 134 valence electrons. The van der Waals surface area contributed by atoms with Gasteiger partial charge < -0.3 is 5.32 Å². The summed E-state index contributed by atoms with van der Waals surface area (Å²) in [5, 5.41) is 14.4. The van der Waals surface area contributed by atoms with Gasteiger partial charge in [0.25, 0.3) is 0 Å². The number of hydrogen-bond donors (Lipinski definition) is 1. The Bertz CT molecular complexity index is 883. The van der Waals surface area contributed by atoms with Crippen LogP contribution in [-0.2, 0) is 21.3 Å². The molecule has 26 heavy (non-hydrogen) atoms. The van der Waals surface area contributed by atoms with Crippen molar-refractivity contribution in [2.24, 2.45) is 0 Å². The van der Waals surface area contributed by atoms with Crippen molar-refractivity contribution < 1.29 is 9.00 Å². The van der Waals surface area contributed by atoms with Crippen LogP contribution in [0, 0.1) is 0 Å². The van der Waals surface area contributed by atoms with E-state index in [4.69, 9.17) is 0 Å². The van der Waals surface area contributed by atoms with Gasteiger partial charge in [0.1, 0.15) is 5.75 Å². The number of hydrogen-bond acceptors (Lipinski definition) is 5. The predicted molar refractivity (Wildman–Crippen MR) is 98.9 cm³/mol. The first-order valence-electron chi connectivity index (χ1n) is 8.15. The average molecular weight is 369 g/mol. The molecule has 0 radical (unpaired) electrons. The second-order valence-corrected chi connectivity index (χ2v) is 7.23. The van der Waals surface area contributed by atoms with E-state index in [1.54, 1.807) is 0 Å². The fraction of sp³-hybridized carbons (Fsp3) is 0.222. The first-order chi connectivity index (χ1) is 12.6. The molecule has 0 fully saturated rings. The Morgan fingerprint density at radius 2 is 1.77 bits per heavy atom. The van der Waals surface area contributed by atoms with Crippen LogP contribution < -0.4 is 5.32 Å². The third-order valence-electron chi connectivity index (χ3n) is 3.79. The molecule has 0 unspecified atom stereocenters. The highest BCUT2D eigenvalue weighted by molar-refractivity contribution is 7.84. The molecule has 3 aromatic rings. The lowest BCUT2D eigenvalue weighted by Crippen LogP contribution is -2.31. The molecule has 0 saturated heterocycles. The predicted octanol–water partition coefficient (Wildman–Crippen LogP) is 1.79. The Kier molecular flexibility index (Phi) is 5.85. The molecule has 0 aliphatic heterocycles. The fourth-order valence-corrected chi connectivity index (χ4v) is 3.46. The lowest BCUT2D eigenvalue weighted by molar-refractivity contribution is -0.119. The smallest absolute Gasteiger partial charge is 0.233 e. The van der Waals surface area contributed by atoms with Gasteiger partial charge in [-0.05, 0) is 35.0 Å². The van der Waals surface area contributed by atoms with Crippen molar-refractivity contribution in [3.63, 3.8) is 0 Å².